The number of carboxylic acid groups (broad SMARTS) is 1. The maximum absolute atomic E-state index is 12.8. The number of rotatable bonds is 12. The number of nitrogens with one attached hydrogen (secondary N) is 1. The SMILES string of the molecule is CC(C)CC(O)C(NC(=O)[C@@H](CC(=O)O)CC1CC1)C(O)CC1CCCCC1. The molecule has 2 aliphatic carbocycles. The highest BCUT2D eigenvalue weighted by molar-refractivity contribution is 5.83. The predicted octanol–water partition coefficient (Wildman–Crippen LogP) is 3.10. The highest BCUT2D eigenvalue weighted by Gasteiger charge is 2.35. The molecule has 162 valence electrons. The van der Waals surface area contributed by atoms with E-state index in [-0.39, 0.29) is 18.2 Å². The maximum atomic E-state index is 12.8. The first kappa shape index (κ1) is 23.1. The Morgan fingerprint density at radius 3 is 2.07 bits per heavy atom. The van der Waals surface area contributed by atoms with Gasteiger partial charge in [0.15, 0.2) is 0 Å². The fourth-order valence-corrected chi connectivity index (χ4v) is 4.52. The zero-order chi connectivity index (χ0) is 20.7. The topological polar surface area (TPSA) is 107 Å². The van der Waals surface area contributed by atoms with Gasteiger partial charge in [0.2, 0.25) is 5.91 Å². The Kier molecular flexibility index (Phi) is 9.22. The van der Waals surface area contributed by atoms with Gasteiger partial charge in [-0.2, -0.15) is 0 Å². The maximum Gasteiger partial charge on any atom is 0.304 e. The molecular weight excluding hydrogens is 358 g/mol. The summed E-state index contributed by atoms with van der Waals surface area (Å²) in [4.78, 5) is 24.0. The van der Waals surface area contributed by atoms with Crippen molar-refractivity contribution in [2.75, 3.05) is 0 Å². The third-order valence-electron chi connectivity index (χ3n) is 6.26. The van der Waals surface area contributed by atoms with Crippen LogP contribution in [0.3, 0.4) is 0 Å². The van der Waals surface area contributed by atoms with Crippen molar-refractivity contribution >= 4 is 11.9 Å². The molecule has 1 amide bonds. The summed E-state index contributed by atoms with van der Waals surface area (Å²) in [6, 6.07) is -0.743. The zero-order valence-corrected chi connectivity index (χ0v) is 17.5. The van der Waals surface area contributed by atoms with Crippen LogP contribution in [-0.4, -0.2) is 45.4 Å². The van der Waals surface area contributed by atoms with Gasteiger partial charge in [0, 0.05) is 5.92 Å². The normalized spacial score (nSPS) is 22.5. The summed E-state index contributed by atoms with van der Waals surface area (Å²) in [5, 5.41) is 33.6. The van der Waals surface area contributed by atoms with E-state index in [0.29, 0.717) is 31.1 Å². The average Bonchev–Trinajstić information content (AvgIpc) is 3.42. The van der Waals surface area contributed by atoms with Crippen LogP contribution in [0.25, 0.3) is 0 Å². The molecule has 2 aliphatic rings. The van der Waals surface area contributed by atoms with E-state index in [1.165, 1.54) is 19.3 Å². The molecule has 0 radical (unpaired) electrons. The van der Waals surface area contributed by atoms with E-state index in [1.54, 1.807) is 0 Å². The number of carbonyl (C=O) groups is 2. The lowest BCUT2D eigenvalue weighted by Gasteiger charge is -2.33. The van der Waals surface area contributed by atoms with Crippen molar-refractivity contribution in [3.63, 3.8) is 0 Å². The summed E-state index contributed by atoms with van der Waals surface area (Å²) >= 11 is 0. The molecular formula is C22H39NO5. The summed E-state index contributed by atoms with van der Waals surface area (Å²) in [6.07, 6.45) is 7.63. The molecule has 0 aromatic rings. The van der Waals surface area contributed by atoms with E-state index in [0.717, 1.165) is 25.7 Å². The van der Waals surface area contributed by atoms with Crippen LogP contribution in [0.4, 0.5) is 0 Å². The van der Waals surface area contributed by atoms with E-state index in [4.69, 9.17) is 0 Å². The smallest absolute Gasteiger partial charge is 0.304 e. The molecule has 28 heavy (non-hydrogen) atoms. The highest BCUT2D eigenvalue weighted by atomic mass is 16.4. The summed E-state index contributed by atoms with van der Waals surface area (Å²) in [6.45, 7) is 3.99. The van der Waals surface area contributed by atoms with Gasteiger partial charge in [-0.15, -0.1) is 0 Å². The molecule has 6 heteroatoms. The van der Waals surface area contributed by atoms with Gasteiger partial charge in [-0.1, -0.05) is 58.8 Å². The van der Waals surface area contributed by atoms with Crippen LogP contribution in [0, 0.1) is 23.7 Å². The number of hydrogen-bond donors (Lipinski definition) is 4. The van der Waals surface area contributed by atoms with E-state index in [9.17, 15) is 24.9 Å². The van der Waals surface area contributed by atoms with E-state index < -0.39 is 30.1 Å². The molecule has 0 heterocycles. The van der Waals surface area contributed by atoms with Gasteiger partial charge in [-0.25, -0.2) is 0 Å². The third kappa shape index (κ3) is 8.08. The quantitative estimate of drug-likeness (QED) is 0.405. The lowest BCUT2D eigenvalue weighted by Crippen LogP contribution is -2.53. The van der Waals surface area contributed by atoms with E-state index in [1.807, 2.05) is 13.8 Å². The monoisotopic (exact) mass is 397 g/mol. The number of carbonyl (C=O) groups excluding carboxylic acids is 1. The summed E-state index contributed by atoms with van der Waals surface area (Å²) in [5.41, 5.74) is 0. The Morgan fingerprint density at radius 1 is 0.929 bits per heavy atom. The van der Waals surface area contributed by atoms with Crippen LogP contribution >= 0.6 is 0 Å². The van der Waals surface area contributed by atoms with Gasteiger partial charge in [-0.3, -0.25) is 9.59 Å². The molecule has 6 nitrogen and oxygen atoms in total. The van der Waals surface area contributed by atoms with Crippen LogP contribution in [0.5, 0.6) is 0 Å². The summed E-state index contributed by atoms with van der Waals surface area (Å²) in [5.74, 6) is -0.831. The molecule has 4 N–H and O–H groups in total. The zero-order valence-electron chi connectivity index (χ0n) is 17.5. The van der Waals surface area contributed by atoms with Crippen molar-refractivity contribution in [1.82, 2.24) is 5.32 Å². The average molecular weight is 398 g/mol. The highest BCUT2D eigenvalue weighted by Crippen LogP contribution is 2.36. The van der Waals surface area contributed by atoms with Crippen molar-refractivity contribution in [3.8, 4) is 0 Å². The van der Waals surface area contributed by atoms with E-state index >= 15 is 0 Å². The van der Waals surface area contributed by atoms with Crippen molar-refractivity contribution in [1.29, 1.82) is 0 Å². The van der Waals surface area contributed by atoms with Gasteiger partial charge in [0.05, 0.1) is 24.7 Å². The number of amides is 1. The van der Waals surface area contributed by atoms with Crippen molar-refractivity contribution in [2.24, 2.45) is 23.7 Å². The van der Waals surface area contributed by atoms with Crippen molar-refractivity contribution in [2.45, 2.75) is 103 Å². The number of aliphatic carboxylic acids is 1. The van der Waals surface area contributed by atoms with Crippen LogP contribution in [0.2, 0.25) is 0 Å². The second-order valence-corrected chi connectivity index (χ2v) is 9.51. The minimum absolute atomic E-state index is 0.200. The molecule has 0 aliphatic heterocycles. The fraction of sp³-hybridized carbons (Fsp3) is 0.909. The molecule has 0 bridgehead atoms. The molecule has 0 spiro atoms. The molecule has 4 atom stereocenters. The minimum Gasteiger partial charge on any atom is -0.481 e. The summed E-state index contributed by atoms with van der Waals surface area (Å²) in [7, 11) is 0. The first-order valence-electron chi connectivity index (χ1n) is 11.1. The van der Waals surface area contributed by atoms with Gasteiger partial charge >= 0.3 is 5.97 Å². The van der Waals surface area contributed by atoms with Gasteiger partial charge in [0.25, 0.3) is 0 Å². The molecule has 2 rings (SSSR count). The summed E-state index contributed by atoms with van der Waals surface area (Å²) < 4.78 is 0. The lowest BCUT2D eigenvalue weighted by molar-refractivity contribution is -0.142. The Bertz CT molecular complexity index is 499. The Labute approximate surface area is 169 Å². The molecule has 2 fully saturated rings. The second-order valence-electron chi connectivity index (χ2n) is 9.51. The Morgan fingerprint density at radius 2 is 1.54 bits per heavy atom. The van der Waals surface area contributed by atoms with Crippen molar-refractivity contribution in [3.05, 3.63) is 0 Å². The number of carboxylic acids is 1. The number of aliphatic hydroxyl groups is 2. The standard InChI is InChI=1S/C22H39NO5/c1-14(2)10-18(24)21(19(25)12-15-6-4-3-5-7-15)23-22(28)17(13-20(26)27)11-16-8-9-16/h14-19,21,24-25H,3-13H2,1-2H3,(H,23,28)(H,26,27)/t17-,18?,19?,21?/m1/s1. The molecule has 2 saturated carbocycles. The molecule has 0 saturated heterocycles. The van der Waals surface area contributed by atoms with Crippen molar-refractivity contribution < 1.29 is 24.9 Å². The van der Waals surface area contributed by atoms with Crippen LogP contribution in [0.15, 0.2) is 0 Å². The molecule has 0 aromatic heterocycles. The third-order valence-corrected chi connectivity index (χ3v) is 6.26. The first-order valence-corrected chi connectivity index (χ1v) is 11.1. The lowest BCUT2D eigenvalue weighted by atomic mass is 9.82. The Hall–Kier alpha value is -1.14. The minimum atomic E-state index is -0.983. The molecule has 0 aromatic carbocycles. The molecule has 3 unspecified atom stereocenters. The van der Waals surface area contributed by atoms with Gasteiger partial charge in [0.1, 0.15) is 0 Å². The fourth-order valence-electron chi connectivity index (χ4n) is 4.52. The van der Waals surface area contributed by atoms with Crippen LogP contribution < -0.4 is 5.32 Å². The van der Waals surface area contributed by atoms with Crippen LogP contribution in [0.1, 0.15) is 84.5 Å². The van der Waals surface area contributed by atoms with Gasteiger partial charge < -0.3 is 20.6 Å². The predicted molar refractivity (Wildman–Crippen MR) is 108 cm³/mol. The largest absolute Gasteiger partial charge is 0.481 e. The number of hydrogen-bond acceptors (Lipinski definition) is 4. The van der Waals surface area contributed by atoms with Crippen LogP contribution in [-0.2, 0) is 9.59 Å². The number of aliphatic hydroxyl groups excluding tert-OH is 2. The van der Waals surface area contributed by atoms with Gasteiger partial charge in [-0.05, 0) is 37.0 Å². The second kappa shape index (κ2) is 11.1. The first-order chi connectivity index (χ1) is 13.3. The van der Waals surface area contributed by atoms with E-state index in [2.05, 4.69) is 5.32 Å². The Balaban J connectivity index is 2.02.